The molecule has 2 fully saturated rings. The van der Waals surface area contributed by atoms with Gasteiger partial charge in [0.1, 0.15) is 5.60 Å². The van der Waals surface area contributed by atoms with E-state index in [0.717, 1.165) is 37.6 Å². The van der Waals surface area contributed by atoms with Crippen molar-refractivity contribution in [2.24, 2.45) is 0 Å². The summed E-state index contributed by atoms with van der Waals surface area (Å²) in [6, 6.07) is 0. The number of nitrogens with zero attached hydrogens (tertiary/aromatic N) is 1. The van der Waals surface area contributed by atoms with E-state index in [-0.39, 0.29) is 11.7 Å². The number of hydrogen-bond acceptors (Lipinski definition) is 3. The third-order valence-corrected chi connectivity index (χ3v) is 5.68. The van der Waals surface area contributed by atoms with Gasteiger partial charge in [-0.1, -0.05) is 41.6 Å². The Balaban J connectivity index is 1.98. The Kier molecular flexibility index (Phi) is 6.78. The molecule has 0 radical (unpaired) electrons. The molecule has 1 aliphatic heterocycles. The van der Waals surface area contributed by atoms with Crippen molar-refractivity contribution < 1.29 is 14.3 Å². The third-order valence-electron chi connectivity index (χ3n) is 4.65. The molecule has 0 N–H and O–H groups in total. The second-order valence-electron chi connectivity index (χ2n) is 8.05. The summed E-state index contributed by atoms with van der Waals surface area (Å²) in [4.78, 5) is 14.2. The van der Waals surface area contributed by atoms with Gasteiger partial charge in [-0.3, -0.25) is 0 Å². The molecule has 23 heavy (non-hydrogen) atoms. The number of carbonyl (C=O) groups is 1. The summed E-state index contributed by atoms with van der Waals surface area (Å²) in [5, 5.41) is 0.774. The van der Waals surface area contributed by atoms with E-state index in [9.17, 15) is 4.79 Å². The molecule has 0 aromatic carbocycles. The highest BCUT2D eigenvalue weighted by Crippen LogP contribution is 2.32. The number of amides is 1. The molecule has 1 amide bonds. The molecule has 0 bridgehead atoms. The fourth-order valence-corrected chi connectivity index (χ4v) is 4.12. The number of halogens is 1. The van der Waals surface area contributed by atoms with Gasteiger partial charge in [-0.2, -0.15) is 0 Å². The first-order valence-electron chi connectivity index (χ1n) is 9.05. The van der Waals surface area contributed by atoms with Crippen LogP contribution in [0.25, 0.3) is 0 Å². The van der Waals surface area contributed by atoms with Gasteiger partial charge in [0, 0.05) is 11.9 Å². The SMILES string of the molecule is CC(C)(C)OC(=O)N1CCCC(CBr)(OC2CCCCCC2)C1. The summed E-state index contributed by atoms with van der Waals surface area (Å²) in [6.07, 6.45) is 9.59. The van der Waals surface area contributed by atoms with E-state index in [0.29, 0.717) is 12.6 Å². The Morgan fingerprint density at radius 3 is 2.39 bits per heavy atom. The van der Waals surface area contributed by atoms with Gasteiger partial charge in [0.05, 0.1) is 18.2 Å². The minimum atomic E-state index is -0.451. The lowest BCUT2D eigenvalue weighted by Gasteiger charge is -2.43. The van der Waals surface area contributed by atoms with E-state index in [4.69, 9.17) is 9.47 Å². The van der Waals surface area contributed by atoms with E-state index in [2.05, 4.69) is 15.9 Å². The maximum atomic E-state index is 12.4. The first-order valence-corrected chi connectivity index (χ1v) is 10.2. The van der Waals surface area contributed by atoms with E-state index in [1.54, 1.807) is 0 Å². The number of hydrogen-bond donors (Lipinski definition) is 0. The van der Waals surface area contributed by atoms with Crippen molar-refractivity contribution in [1.29, 1.82) is 0 Å². The summed E-state index contributed by atoms with van der Waals surface area (Å²) < 4.78 is 12.1. The largest absolute Gasteiger partial charge is 0.444 e. The van der Waals surface area contributed by atoms with Crippen LogP contribution in [-0.2, 0) is 9.47 Å². The van der Waals surface area contributed by atoms with Gasteiger partial charge in [0.2, 0.25) is 0 Å². The van der Waals surface area contributed by atoms with Crippen LogP contribution in [0.2, 0.25) is 0 Å². The molecule has 4 nitrogen and oxygen atoms in total. The zero-order valence-corrected chi connectivity index (χ0v) is 16.5. The summed E-state index contributed by atoms with van der Waals surface area (Å²) in [5.74, 6) is 0. The number of ether oxygens (including phenoxy) is 2. The lowest BCUT2D eigenvalue weighted by atomic mass is 9.94. The second-order valence-corrected chi connectivity index (χ2v) is 8.61. The van der Waals surface area contributed by atoms with Crippen LogP contribution in [-0.4, -0.2) is 46.7 Å². The van der Waals surface area contributed by atoms with Crippen LogP contribution in [0.5, 0.6) is 0 Å². The molecule has 1 saturated carbocycles. The molecule has 1 aliphatic carbocycles. The second kappa shape index (κ2) is 8.19. The third kappa shape index (κ3) is 5.93. The Labute approximate surface area is 149 Å². The molecule has 134 valence electrons. The van der Waals surface area contributed by atoms with Crippen LogP contribution >= 0.6 is 15.9 Å². The number of carbonyl (C=O) groups excluding carboxylic acids is 1. The molecule has 1 heterocycles. The number of likely N-dealkylation sites (tertiary alicyclic amines) is 1. The number of alkyl halides is 1. The van der Waals surface area contributed by atoms with Gasteiger partial charge >= 0.3 is 6.09 Å². The Morgan fingerprint density at radius 1 is 1.17 bits per heavy atom. The number of rotatable bonds is 3. The van der Waals surface area contributed by atoms with E-state index in [1.807, 2.05) is 25.7 Å². The van der Waals surface area contributed by atoms with Crippen molar-refractivity contribution in [2.75, 3.05) is 18.4 Å². The highest BCUT2D eigenvalue weighted by molar-refractivity contribution is 9.09. The molecule has 0 aromatic heterocycles. The van der Waals surface area contributed by atoms with Crippen molar-refractivity contribution in [1.82, 2.24) is 4.90 Å². The fourth-order valence-electron chi connectivity index (χ4n) is 3.53. The fraction of sp³-hybridized carbons (Fsp3) is 0.944. The summed E-state index contributed by atoms with van der Waals surface area (Å²) >= 11 is 3.65. The summed E-state index contributed by atoms with van der Waals surface area (Å²) in [5.41, 5.74) is -0.710. The average molecular weight is 390 g/mol. The zero-order valence-electron chi connectivity index (χ0n) is 14.9. The first-order chi connectivity index (χ1) is 10.8. The van der Waals surface area contributed by atoms with Crippen LogP contribution in [0, 0.1) is 0 Å². The molecular formula is C18H32BrNO3. The lowest BCUT2D eigenvalue weighted by Crippen LogP contribution is -2.55. The highest BCUT2D eigenvalue weighted by atomic mass is 79.9. The maximum Gasteiger partial charge on any atom is 0.410 e. The smallest absolute Gasteiger partial charge is 0.410 e. The minimum Gasteiger partial charge on any atom is -0.444 e. The molecule has 1 atom stereocenters. The van der Waals surface area contributed by atoms with E-state index in [1.165, 1.54) is 25.7 Å². The van der Waals surface area contributed by atoms with Crippen molar-refractivity contribution in [3.8, 4) is 0 Å². The molecule has 2 rings (SSSR count). The van der Waals surface area contributed by atoms with E-state index < -0.39 is 5.60 Å². The van der Waals surface area contributed by atoms with Crippen molar-refractivity contribution in [3.63, 3.8) is 0 Å². The first kappa shape index (κ1) is 19.0. The normalized spacial score (nSPS) is 27.6. The molecule has 1 unspecified atom stereocenters. The summed E-state index contributed by atoms with van der Waals surface area (Å²) in [6.45, 7) is 7.12. The van der Waals surface area contributed by atoms with Crippen LogP contribution < -0.4 is 0 Å². The van der Waals surface area contributed by atoms with Gasteiger partial charge in [-0.15, -0.1) is 0 Å². The molecule has 2 aliphatic rings. The lowest BCUT2D eigenvalue weighted by molar-refractivity contribution is -0.116. The van der Waals surface area contributed by atoms with Crippen LogP contribution in [0.1, 0.15) is 72.1 Å². The standard InChI is InChI=1S/C18H32BrNO3/c1-17(2,3)23-16(21)20-12-8-11-18(13-19,14-20)22-15-9-6-4-5-7-10-15/h15H,4-14H2,1-3H3. The predicted molar refractivity (Wildman–Crippen MR) is 96.1 cm³/mol. The van der Waals surface area contributed by atoms with Crippen LogP contribution in [0.15, 0.2) is 0 Å². The molecule has 0 spiro atoms. The average Bonchev–Trinajstić information content (AvgIpc) is 2.74. The van der Waals surface area contributed by atoms with Crippen LogP contribution in [0.4, 0.5) is 4.79 Å². The van der Waals surface area contributed by atoms with Crippen molar-refractivity contribution in [2.45, 2.75) is 89.4 Å². The maximum absolute atomic E-state index is 12.4. The Hall–Kier alpha value is -0.290. The van der Waals surface area contributed by atoms with Gasteiger partial charge < -0.3 is 14.4 Å². The van der Waals surface area contributed by atoms with Gasteiger partial charge in [0.25, 0.3) is 0 Å². The molecule has 1 saturated heterocycles. The molecular weight excluding hydrogens is 358 g/mol. The minimum absolute atomic E-state index is 0.216. The monoisotopic (exact) mass is 389 g/mol. The quantitative estimate of drug-likeness (QED) is 0.509. The Morgan fingerprint density at radius 2 is 1.83 bits per heavy atom. The predicted octanol–water partition coefficient (Wildman–Crippen LogP) is 4.89. The molecule has 5 heteroatoms. The highest BCUT2D eigenvalue weighted by Gasteiger charge is 2.40. The summed E-state index contributed by atoms with van der Waals surface area (Å²) in [7, 11) is 0. The zero-order chi connectivity index (χ0) is 16.9. The topological polar surface area (TPSA) is 38.8 Å². The van der Waals surface area contributed by atoms with E-state index >= 15 is 0 Å². The number of piperidine rings is 1. The Bertz CT molecular complexity index is 388. The van der Waals surface area contributed by atoms with Crippen molar-refractivity contribution >= 4 is 22.0 Å². The molecule has 0 aromatic rings. The van der Waals surface area contributed by atoms with Gasteiger partial charge in [-0.25, -0.2) is 4.79 Å². The van der Waals surface area contributed by atoms with Crippen LogP contribution in [0.3, 0.4) is 0 Å². The van der Waals surface area contributed by atoms with Crippen molar-refractivity contribution in [3.05, 3.63) is 0 Å². The van der Waals surface area contributed by atoms with Gasteiger partial charge in [0.15, 0.2) is 0 Å². The van der Waals surface area contributed by atoms with Gasteiger partial charge in [-0.05, 0) is 46.5 Å².